The predicted molar refractivity (Wildman–Crippen MR) is 99.6 cm³/mol. The van der Waals surface area contributed by atoms with Gasteiger partial charge in [-0.15, -0.1) is 24.8 Å². The maximum absolute atomic E-state index is 10.6. The lowest BCUT2D eigenvalue weighted by Gasteiger charge is -2.29. The zero-order valence-corrected chi connectivity index (χ0v) is 15.6. The highest BCUT2D eigenvalue weighted by atomic mass is 35.5. The first-order valence-electron chi connectivity index (χ1n) is 8.12. The Bertz CT molecular complexity index is 719. The summed E-state index contributed by atoms with van der Waals surface area (Å²) in [4.78, 5) is 13.1. The van der Waals surface area contributed by atoms with Crippen molar-refractivity contribution in [3.63, 3.8) is 0 Å². The number of aliphatic hydroxyl groups excluding tert-OH is 1. The molecule has 0 bridgehead atoms. The van der Waals surface area contributed by atoms with E-state index in [0.717, 1.165) is 25.3 Å². The normalized spacial score (nSPS) is 31.6. The summed E-state index contributed by atoms with van der Waals surface area (Å²) in [7, 11) is 0. The number of halogens is 2. The van der Waals surface area contributed by atoms with Gasteiger partial charge in [-0.1, -0.05) is 0 Å². The van der Waals surface area contributed by atoms with Gasteiger partial charge in [0, 0.05) is 12.6 Å². The summed E-state index contributed by atoms with van der Waals surface area (Å²) < 4.78 is 1.87. The van der Waals surface area contributed by atoms with E-state index in [1.165, 1.54) is 6.33 Å². The minimum Gasteiger partial charge on any atom is -0.390 e. The molecular weight excluding hydrogens is 367 g/mol. The highest BCUT2D eigenvalue weighted by Crippen LogP contribution is 2.40. The van der Waals surface area contributed by atoms with Crippen LogP contribution in [0.3, 0.4) is 0 Å². The van der Waals surface area contributed by atoms with E-state index in [2.05, 4.69) is 25.6 Å². The second kappa shape index (κ2) is 7.59. The van der Waals surface area contributed by atoms with Crippen molar-refractivity contribution in [3.05, 3.63) is 12.7 Å². The van der Waals surface area contributed by atoms with E-state index in [4.69, 9.17) is 0 Å². The molecule has 8 nitrogen and oxygen atoms in total. The van der Waals surface area contributed by atoms with Crippen LogP contribution in [0.4, 0.5) is 5.82 Å². The van der Waals surface area contributed by atoms with Crippen LogP contribution in [0.1, 0.15) is 32.2 Å². The first-order valence-corrected chi connectivity index (χ1v) is 8.12. The fraction of sp³-hybridized carbons (Fsp3) is 0.667. The molecule has 0 spiro atoms. The van der Waals surface area contributed by atoms with Gasteiger partial charge in [0.1, 0.15) is 17.4 Å². The Balaban J connectivity index is 0.00000113. The number of nitrogens with zero attached hydrogens (tertiary/aromatic N) is 4. The van der Waals surface area contributed by atoms with Crippen LogP contribution in [-0.2, 0) is 0 Å². The number of aliphatic hydroxyl groups is 2. The molecule has 25 heavy (non-hydrogen) atoms. The van der Waals surface area contributed by atoms with Crippen molar-refractivity contribution in [1.82, 2.24) is 24.8 Å². The Hall–Kier alpha value is -1.19. The summed E-state index contributed by atoms with van der Waals surface area (Å²) in [5.41, 5.74) is 0.214. The van der Waals surface area contributed by atoms with Gasteiger partial charge in [0.15, 0.2) is 11.5 Å². The van der Waals surface area contributed by atoms with Crippen LogP contribution >= 0.6 is 24.8 Å². The number of aromatic nitrogens is 4. The molecule has 4 N–H and O–H groups in total. The van der Waals surface area contributed by atoms with E-state index >= 15 is 0 Å². The van der Waals surface area contributed by atoms with Crippen molar-refractivity contribution in [2.75, 3.05) is 18.4 Å². The third-order valence-electron chi connectivity index (χ3n) is 5.16. The van der Waals surface area contributed by atoms with E-state index in [1.807, 2.05) is 4.57 Å². The van der Waals surface area contributed by atoms with Crippen LogP contribution in [0.15, 0.2) is 12.7 Å². The van der Waals surface area contributed by atoms with Gasteiger partial charge >= 0.3 is 0 Å². The lowest BCUT2D eigenvalue weighted by molar-refractivity contribution is -0.0615. The molecule has 0 aromatic carbocycles. The smallest absolute Gasteiger partial charge is 0.165 e. The number of nitrogens with one attached hydrogen (secondary N) is 2. The van der Waals surface area contributed by atoms with Crippen molar-refractivity contribution in [2.24, 2.45) is 0 Å². The average molecular weight is 391 g/mol. The quantitative estimate of drug-likeness (QED) is 0.616. The minimum atomic E-state index is -1.18. The second-order valence-corrected chi connectivity index (χ2v) is 6.72. The third kappa shape index (κ3) is 3.41. The molecule has 2 aromatic heterocycles. The first kappa shape index (κ1) is 20.1. The van der Waals surface area contributed by atoms with Gasteiger partial charge in [-0.2, -0.15) is 0 Å². The Morgan fingerprint density at radius 1 is 1.24 bits per heavy atom. The number of imidazole rings is 1. The number of fused-ring (bicyclic) bond motifs is 1. The van der Waals surface area contributed by atoms with Gasteiger partial charge in [-0.3, -0.25) is 0 Å². The van der Waals surface area contributed by atoms with Gasteiger partial charge in [-0.25, -0.2) is 15.0 Å². The third-order valence-corrected chi connectivity index (χ3v) is 5.16. The van der Waals surface area contributed by atoms with E-state index in [9.17, 15) is 10.2 Å². The van der Waals surface area contributed by atoms with Gasteiger partial charge in [-0.05, 0) is 32.7 Å². The van der Waals surface area contributed by atoms with E-state index in [-0.39, 0.29) is 30.9 Å². The Labute approximate surface area is 158 Å². The minimum absolute atomic E-state index is 0. The lowest BCUT2D eigenvalue weighted by Crippen LogP contribution is -2.40. The first-order chi connectivity index (χ1) is 11.1. The second-order valence-electron chi connectivity index (χ2n) is 6.72. The fourth-order valence-corrected chi connectivity index (χ4v) is 3.70. The van der Waals surface area contributed by atoms with E-state index in [0.29, 0.717) is 30.0 Å². The maximum Gasteiger partial charge on any atom is 0.165 e. The number of hydrogen-bond donors (Lipinski definition) is 4. The van der Waals surface area contributed by atoms with Crippen LogP contribution < -0.4 is 10.6 Å². The van der Waals surface area contributed by atoms with Gasteiger partial charge in [0.25, 0.3) is 0 Å². The van der Waals surface area contributed by atoms with Gasteiger partial charge in [0.2, 0.25) is 0 Å². The van der Waals surface area contributed by atoms with Crippen LogP contribution in [0.25, 0.3) is 11.2 Å². The average Bonchev–Trinajstić information content (AvgIpc) is 3.22. The van der Waals surface area contributed by atoms with Crippen LogP contribution in [0, 0.1) is 0 Å². The molecule has 4 rings (SSSR count). The van der Waals surface area contributed by atoms with Gasteiger partial charge < -0.3 is 25.4 Å². The lowest BCUT2D eigenvalue weighted by atomic mass is 9.98. The van der Waals surface area contributed by atoms with Crippen molar-refractivity contribution >= 4 is 41.8 Å². The molecule has 4 atom stereocenters. The standard InChI is InChI=1S/C15H22N6O2.2ClH/c1-15(23)10(2-3-11(15)22)21-8-19-12-13(17-7-18-14(12)21)20-9-4-5-16-6-9;;/h7-11,16,22-23H,2-6H2,1H3,(H,17,18,20);2*1H/t9-,10?,11?,15?;;/m0../s1. The summed E-state index contributed by atoms with van der Waals surface area (Å²) in [6, 6.07) is 0.105. The molecule has 0 radical (unpaired) electrons. The Morgan fingerprint density at radius 2 is 2.04 bits per heavy atom. The molecule has 0 amide bonds. The number of rotatable bonds is 3. The summed E-state index contributed by atoms with van der Waals surface area (Å²) in [5.74, 6) is 0.723. The zero-order valence-electron chi connectivity index (χ0n) is 13.9. The molecule has 10 heteroatoms. The van der Waals surface area contributed by atoms with E-state index < -0.39 is 11.7 Å². The van der Waals surface area contributed by atoms with Crippen molar-refractivity contribution in [2.45, 2.75) is 50.0 Å². The predicted octanol–water partition coefficient (Wildman–Crippen LogP) is 0.890. The van der Waals surface area contributed by atoms with Crippen molar-refractivity contribution in [1.29, 1.82) is 0 Å². The molecule has 2 fully saturated rings. The Kier molecular flexibility index (Phi) is 6.11. The molecule has 3 unspecified atom stereocenters. The molecule has 1 saturated carbocycles. The van der Waals surface area contributed by atoms with Crippen molar-refractivity contribution < 1.29 is 10.2 Å². The molecule has 1 aliphatic heterocycles. The molecular formula is C15H24Cl2N6O2. The number of anilines is 1. The zero-order chi connectivity index (χ0) is 16.0. The highest BCUT2D eigenvalue weighted by molar-refractivity contribution is 5.85. The molecule has 1 saturated heterocycles. The summed E-state index contributed by atoms with van der Waals surface area (Å²) >= 11 is 0. The fourth-order valence-electron chi connectivity index (χ4n) is 3.70. The largest absolute Gasteiger partial charge is 0.390 e. The van der Waals surface area contributed by atoms with Gasteiger partial charge in [0.05, 0.1) is 18.5 Å². The van der Waals surface area contributed by atoms with Crippen LogP contribution in [-0.4, -0.2) is 60.6 Å². The summed E-state index contributed by atoms with van der Waals surface area (Å²) in [6.07, 6.45) is 4.80. The molecule has 2 aliphatic rings. The summed E-state index contributed by atoms with van der Waals surface area (Å²) in [5, 5.41) is 27.3. The summed E-state index contributed by atoms with van der Waals surface area (Å²) in [6.45, 7) is 3.59. The van der Waals surface area contributed by atoms with Crippen LogP contribution in [0.2, 0.25) is 0 Å². The maximum atomic E-state index is 10.6. The number of hydrogen-bond acceptors (Lipinski definition) is 7. The highest BCUT2D eigenvalue weighted by Gasteiger charge is 2.46. The molecule has 1 aliphatic carbocycles. The molecule has 2 aromatic rings. The monoisotopic (exact) mass is 390 g/mol. The van der Waals surface area contributed by atoms with Crippen LogP contribution in [0.5, 0.6) is 0 Å². The SMILES string of the molecule is CC1(O)C(O)CCC1n1cnc2c(N[C@H]3CCNC3)ncnc21.Cl.Cl. The van der Waals surface area contributed by atoms with Crippen molar-refractivity contribution in [3.8, 4) is 0 Å². The van der Waals surface area contributed by atoms with E-state index in [1.54, 1.807) is 13.3 Å². The molecule has 3 heterocycles. The molecule has 140 valence electrons. The Morgan fingerprint density at radius 3 is 2.68 bits per heavy atom. The topological polar surface area (TPSA) is 108 Å².